The maximum Gasteiger partial charge on any atom is 0.302 e. The zero-order valence-corrected chi connectivity index (χ0v) is 8.20. The van der Waals surface area contributed by atoms with Gasteiger partial charge in [0.05, 0.1) is 5.75 Å². The zero-order chi connectivity index (χ0) is 8.48. The Hall–Kier alpha value is 0.130. The van der Waals surface area contributed by atoms with E-state index in [4.69, 9.17) is 5.73 Å². The lowest BCUT2D eigenvalue weighted by Gasteiger charge is -2.03. The fourth-order valence-corrected chi connectivity index (χ4v) is 2.41. The van der Waals surface area contributed by atoms with E-state index in [2.05, 4.69) is 0 Å². The summed E-state index contributed by atoms with van der Waals surface area (Å²) in [5.74, 6) is -0.402. The van der Waals surface area contributed by atoms with Crippen LogP contribution in [0.4, 0.5) is 3.89 Å². The molecule has 1 saturated carbocycles. The number of hydrogen-bond donors (Lipinski definition) is 1. The number of hydrogen-bond acceptors (Lipinski definition) is 3. The monoisotopic (exact) mass is 217 g/mol. The van der Waals surface area contributed by atoms with Crippen molar-refractivity contribution in [2.45, 2.75) is 25.3 Å². The average molecular weight is 218 g/mol. The highest BCUT2D eigenvalue weighted by Gasteiger charge is 2.26. The molecular formula is C6H13ClFNO2S. The third kappa shape index (κ3) is 4.23. The van der Waals surface area contributed by atoms with Crippen molar-refractivity contribution in [2.24, 2.45) is 11.7 Å². The highest BCUT2D eigenvalue weighted by atomic mass is 35.5. The molecule has 0 heterocycles. The first kappa shape index (κ1) is 12.1. The Kier molecular flexibility index (Phi) is 4.44. The molecule has 1 fully saturated rings. The van der Waals surface area contributed by atoms with E-state index in [1.807, 2.05) is 0 Å². The molecule has 0 unspecified atom stereocenters. The van der Waals surface area contributed by atoms with Crippen LogP contribution < -0.4 is 5.73 Å². The van der Waals surface area contributed by atoms with E-state index < -0.39 is 10.2 Å². The third-order valence-electron chi connectivity index (χ3n) is 2.02. The molecule has 0 bridgehead atoms. The zero-order valence-electron chi connectivity index (χ0n) is 6.57. The Morgan fingerprint density at radius 3 is 2.33 bits per heavy atom. The first-order chi connectivity index (χ1) is 4.97. The smallest absolute Gasteiger partial charge is 0.302 e. The maximum absolute atomic E-state index is 12.1. The van der Waals surface area contributed by atoms with E-state index in [-0.39, 0.29) is 30.1 Å². The summed E-state index contributed by atoms with van der Waals surface area (Å²) in [6, 6.07) is 0.0711. The molecule has 0 aliphatic heterocycles. The van der Waals surface area contributed by atoms with Crippen LogP contribution in [0.2, 0.25) is 0 Å². The largest absolute Gasteiger partial charge is 0.328 e. The van der Waals surface area contributed by atoms with Crippen molar-refractivity contribution >= 4 is 22.6 Å². The molecular weight excluding hydrogens is 205 g/mol. The van der Waals surface area contributed by atoms with E-state index in [1.54, 1.807) is 0 Å². The fourth-order valence-electron chi connectivity index (χ4n) is 1.55. The molecule has 0 aromatic heterocycles. The van der Waals surface area contributed by atoms with E-state index in [0.717, 1.165) is 12.8 Å². The van der Waals surface area contributed by atoms with Crippen molar-refractivity contribution in [3.8, 4) is 0 Å². The van der Waals surface area contributed by atoms with Crippen LogP contribution in [0, 0.1) is 5.92 Å². The molecule has 0 spiro atoms. The van der Waals surface area contributed by atoms with Crippen LogP contribution in [-0.2, 0) is 10.2 Å². The molecule has 6 heteroatoms. The van der Waals surface area contributed by atoms with E-state index in [9.17, 15) is 12.3 Å². The highest BCUT2D eigenvalue weighted by molar-refractivity contribution is 7.86. The van der Waals surface area contributed by atoms with Gasteiger partial charge in [-0.3, -0.25) is 0 Å². The molecule has 3 nitrogen and oxygen atoms in total. The number of nitrogens with two attached hydrogens (primary N) is 1. The van der Waals surface area contributed by atoms with Crippen LogP contribution in [-0.4, -0.2) is 20.2 Å². The molecule has 0 aromatic carbocycles. The van der Waals surface area contributed by atoms with Gasteiger partial charge in [-0.05, 0) is 25.2 Å². The van der Waals surface area contributed by atoms with Crippen molar-refractivity contribution in [1.29, 1.82) is 0 Å². The van der Waals surface area contributed by atoms with Crippen molar-refractivity contribution in [2.75, 3.05) is 5.75 Å². The predicted octanol–water partition coefficient (Wildman–Crippen LogP) is 0.835. The molecule has 0 amide bonds. The summed E-state index contributed by atoms with van der Waals surface area (Å²) in [5, 5.41) is 0. The predicted molar refractivity (Wildman–Crippen MR) is 47.5 cm³/mol. The Morgan fingerprint density at radius 1 is 1.42 bits per heavy atom. The summed E-state index contributed by atoms with van der Waals surface area (Å²) in [7, 11) is -4.29. The summed E-state index contributed by atoms with van der Waals surface area (Å²) in [6.45, 7) is 0. The third-order valence-corrected chi connectivity index (χ3v) is 2.89. The highest BCUT2D eigenvalue weighted by Crippen LogP contribution is 2.25. The van der Waals surface area contributed by atoms with Crippen LogP contribution in [0.5, 0.6) is 0 Å². The number of rotatable bonds is 2. The molecule has 12 heavy (non-hydrogen) atoms. The van der Waals surface area contributed by atoms with Crippen LogP contribution in [0.25, 0.3) is 0 Å². The second-order valence-electron chi connectivity index (χ2n) is 3.14. The average Bonchev–Trinajstić information content (AvgIpc) is 2.10. The summed E-state index contributed by atoms with van der Waals surface area (Å²) in [4.78, 5) is 0. The quantitative estimate of drug-likeness (QED) is 0.698. The molecule has 2 atom stereocenters. The minimum atomic E-state index is -4.29. The van der Waals surface area contributed by atoms with Gasteiger partial charge in [0.2, 0.25) is 0 Å². The molecule has 0 aromatic rings. The van der Waals surface area contributed by atoms with Crippen molar-refractivity contribution in [3.05, 3.63) is 0 Å². The Bertz CT molecular complexity index is 232. The van der Waals surface area contributed by atoms with Gasteiger partial charge in [-0.15, -0.1) is 16.3 Å². The number of halogens is 2. The van der Waals surface area contributed by atoms with Gasteiger partial charge in [-0.1, -0.05) is 0 Å². The summed E-state index contributed by atoms with van der Waals surface area (Å²) < 4.78 is 32.5. The topological polar surface area (TPSA) is 60.2 Å². The molecule has 0 saturated heterocycles. The van der Waals surface area contributed by atoms with E-state index in [1.165, 1.54) is 0 Å². The molecule has 0 radical (unpaired) electrons. The van der Waals surface area contributed by atoms with Crippen LogP contribution in [0.3, 0.4) is 0 Å². The van der Waals surface area contributed by atoms with Gasteiger partial charge in [0.15, 0.2) is 0 Å². The SMILES string of the molecule is Cl.N[C@H]1CC[C@@H](CS(=O)(=O)F)C1. The first-order valence-electron chi connectivity index (χ1n) is 3.65. The van der Waals surface area contributed by atoms with E-state index >= 15 is 0 Å². The van der Waals surface area contributed by atoms with Gasteiger partial charge in [-0.25, -0.2) is 0 Å². The molecule has 1 rings (SSSR count). The summed E-state index contributed by atoms with van der Waals surface area (Å²) >= 11 is 0. The van der Waals surface area contributed by atoms with Gasteiger partial charge in [0.25, 0.3) is 0 Å². The van der Waals surface area contributed by atoms with Crippen molar-refractivity contribution in [1.82, 2.24) is 0 Å². The normalized spacial score (nSPS) is 29.8. The van der Waals surface area contributed by atoms with Crippen molar-refractivity contribution in [3.63, 3.8) is 0 Å². The summed E-state index contributed by atoms with van der Waals surface area (Å²) in [5.41, 5.74) is 5.53. The molecule has 1 aliphatic carbocycles. The van der Waals surface area contributed by atoms with Gasteiger partial charge in [-0.2, -0.15) is 8.42 Å². The van der Waals surface area contributed by atoms with Gasteiger partial charge in [0, 0.05) is 6.04 Å². The van der Waals surface area contributed by atoms with Crippen LogP contribution in [0.15, 0.2) is 0 Å². The molecule has 74 valence electrons. The van der Waals surface area contributed by atoms with Crippen LogP contribution >= 0.6 is 12.4 Å². The Balaban J connectivity index is 0.00000121. The van der Waals surface area contributed by atoms with E-state index in [0.29, 0.717) is 6.42 Å². The Morgan fingerprint density at radius 2 is 2.00 bits per heavy atom. The summed E-state index contributed by atoms with van der Waals surface area (Å²) in [6.07, 6.45) is 2.20. The fraction of sp³-hybridized carbons (Fsp3) is 1.00. The lowest BCUT2D eigenvalue weighted by Crippen LogP contribution is -2.16. The molecule has 1 aliphatic rings. The van der Waals surface area contributed by atoms with Crippen LogP contribution in [0.1, 0.15) is 19.3 Å². The standard InChI is InChI=1S/C6H12FNO2S.ClH/c7-11(9,10)4-5-1-2-6(8)3-5;/h5-6H,1-4,8H2;1H/t5-,6+;/m1./s1. The lowest BCUT2D eigenvalue weighted by molar-refractivity contribution is 0.520. The van der Waals surface area contributed by atoms with Gasteiger partial charge < -0.3 is 5.73 Å². The lowest BCUT2D eigenvalue weighted by atomic mass is 10.1. The van der Waals surface area contributed by atoms with Gasteiger partial charge >= 0.3 is 10.2 Å². The van der Waals surface area contributed by atoms with Gasteiger partial charge in [0.1, 0.15) is 0 Å². The van der Waals surface area contributed by atoms with Crippen molar-refractivity contribution < 1.29 is 12.3 Å². The Labute approximate surface area is 78.1 Å². The maximum atomic E-state index is 12.1. The minimum absolute atomic E-state index is 0. The molecule has 2 N–H and O–H groups in total. The second-order valence-corrected chi connectivity index (χ2v) is 4.56. The second kappa shape index (κ2) is 4.39. The minimum Gasteiger partial charge on any atom is -0.328 e. The first-order valence-corrected chi connectivity index (χ1v) is 5.20.